The quantitative estimate of drug-likeness (QED) is 0.651. The molecule has 0 saturated carbocycles. The highest BCUT2D eigenvalue weighted by molar-refractivity contribution is 5.76. The van der Waals surface area contributed by atoms with Crippen molar-refractivity contribution in [2.45, 2.75) is 25.3 Å². The Labute approximate surface area is 180 Å². The maximum absolute atomic E-state index is 12.5. The minimum Gasteiger partial charge on any atom is -0.454 e. The Morgan fingerprint density at radius 3 is 3.03 bits per heavy atom. The van der Waals surface area contributed by atoms with E-state index in [0.29, 0.717) is 25.3 Å². The summed E-state index contributed by atoms with van der Waals surface area (Å²) in [4.78, 5) is 23.7. The number of carbonyl (C=O) groups excluding carboxylic acids is 1. The fraction of sp³-hybridized carbons (Fsp3) is 0.364. The number of hydrogen-bond acceptors (Lipinski definition) is 7. The number of hydrogen-bond donors (Lipinski definition) is 1. The van der Waals surface area contributed by atoms with E-state index in [2.05, 4.69) is 25.3 Å². The molecule has 1 saturated heterocycles. The summed E-state index contributed by atoms with van der Waals surface area (Å²) in [6.07, 6.45) is 7.45. The second kappa shape index (κ2) is 8.25. The van der Waals surface area contributed by atoms with Crippen LogP contribution in [0, 0.1) is 0 Å². The summed E-state index contributed by atoms with van der Waals surface area (Å²) in [6, 6.07) is 7.79. The van der Waals surface area contributed by atoms with E-state index < -0.39 is 0 Å². The summed E-state index contributed by atoms with van der Waals surface area (Å²) >= 11 is 0. The van der Waals surface area contributed by atoms with Crippen LogP contribution in [0.15, 0.2) is 42.9 Å². The highest BCUT2D eigenvalue weighted by atomic mass is 16.7. The first-order valence-electron chi connectivity index (χ1n) is 10.4. The summed E-state index contributed by atoms with van der Waals surface area (Å²) in [6.45, 7) is 1.77. The van der Waals surface area contributed by atoms with E-state index in [1.165, 1.54) is 0 Å². The zero-order chi connectivity index (χ0) is 21.2. The van der Waals surface area contributed by atoms with Crippen molar-refractivity contribution < 1.29 is 14.3 Å². The van der Waals surface area contributed by atoms with Crippen molar-refractivity contribution in [3.05, 3.63) is 48.4 Å². The molecule has 1 N–H and O–H groups in total. The number of carbonyl (C=O) groups is 1. The number of ether oxygens (including phenoxy) is 2. The fourth-order valence-electron chi connectivity index (χ4n) is 3.93. The lowest BCUT2D eigenvalue weighted by molar-refractivity contribution is -0.121. The van der Waals surface area contributed by atoms with Crippen LogP contribution in [0.5, 0.6) is 11.5 Å². The first-order chi connectivity index (χ1) is 15.1. The van der Waals surface area contributed by atoms with Crippen molar-refractivity contribution in [1.29, 1.82) is 0 Å². The molecule has 2 aliphatic heterocycles. The van der Waals surface area contributed by atoms with Crippen LogP contribution in [-0.4, -0.2) is 51.6 Å². The van der Waals surface area contributed by atoms with Crippen LogP contribution >= 0.6 is 0 Å². The van der Waals surface area contributed by atoms with Crippen molar-refractivity contribution in [3.63, 3.8) is 0 Å². The van der Waals surface area contributed by atoms with Crippen LogP contribution in [0.3, 0.4) is 0 Å². The number of aromatic nitrogens is 4. The van der Waals surface area contributed by atoms with Gasteiger partial charge in [-0.2, -0.15) is 5.10 Å². The molecule has 4 heterocycles. The van der Waals surface area contributed by atoms with Gasteiger partial charge < -0.3 is 19.7 Å². The number of nitrogens with zero attached hydrogens (tertiary/aromatic N) is 5. The summed E-state index contributed by atoms with van der Waals surface area (Å²) in [5, 5.41) is 7.35. The van der Waals surface area contributed by atoms with Gasteiger partial charge in [-0.25, -0.2) is 9.97 Å². The van der Waals surface area contributed by atoms with Gasteiger partial charge in [-0.1, -0.05) is 6.07 Å². The van der Waals surface area contributed by atoms with Crippen molar-refractivity contribution >= 4 is 11.9 Å². The second-order valence-electron chi connectivity index (χ2n) is 7.83. The molecule has 1 aromatic carbocycles. The normalized spacial score (nSPS) is 17.2. The van der Waals surface area contributed by atoms with E-state index in [1.54, 1.807) is 17.1 Å². The minimum absolute atomic E-state index is 0.0505. The Bertz CT molecular complexity index is 1100. The van der Waals surface area contributed by atoms with E-state index in [-0.39, 0.29) is 18.7 Å². The van der Waals surface area contributed by atoms with Crippen LogP contribution < -0.4 is 19.7 Å². The number of rotatable bonds is 6. The van der Waals surface area contributed by atoms with E-state index in [9.17, 15) is 4.79 Å². The Morgan fingerprint density at radius 2 is 2.16 bits per heavy atom. The van der Waals surface area contributed by atoms with Gasteiger partial charge in [0.05, 0.1) is 11.9 Å². The van der Waals surface area contributed by atoms with Crippen LogP contribution in [0.1, 0.15) is 18.4 Å². The summed E-state index contributed by atoms with van der Waals surface area (Å²) in [7, 11) is 1.88. The molecule has 1 atom stereocenters. The van der Waals surface area contributed by atoms with Crippen molar-refractivity contribution in [1.82, 2.24) is 25.1 Å². The van der Waals surface area contributed by atoms with Crippen LogP contribution in [0.4, 0.5) is 5.95 Å². The van der Waals surface area contributed by atoms with Gasteiger partial charge in [0, 0.05) is 50.6 Å². The Hall–Kier alpha value is -3.62. The minimum atomic E-state index is 0.0505. The average molecular weight is 420 g/mol. The van der Waals surface area contributed by atoms with Gasteiger partial charge in [0.1, 0.15) is 0 Å². The number of benzene rings is 1. The molecule has 2 aliphatic rings. The maximum atomic E-state index is 12.5. The molecule has 1 amide bonds. The molecule has 9 heteroatoms. The Morgan fingerprint density at radius 1 is 1.26 bits per heavy atom. The molecule has 31 heavy (non-hydrogen) atoms. The topological polar surface area (TPSA) is 94.4 Å². The second-order valence-corrected chi connectivity index (χ2v) is 7.83. The number of nitrogens with one attached hydrogen (secondary N) is 1. The van der Waals surface area contributed by atoms with Crippen LogP contribution in [-0.2, 0) is 18.3 Å². The predicted octanol–water partition coefficient (Wildman–Crippen LogP) is 1.93. The third kappa shape index (κ3) is 4.30. The third-order valence-electron chi connectivity index (χ3n) is 5.56. The van der Waals surface area contributed by atoms with Gasteiger partial charge in [0.2, 0.25) is 18.6 Å². The molecule has 0 bridgehead atoms. The molecule has 0 aliphatic carbocycles. The van der Waals surface area contributed by atoms with Crippen LogP contribution in [0.25, 0.3) is 11.3 Å². The lowest BCUT2D eigenvalue weighted by atomic mass is 10.1. The first-order valence-corrected chi connectivity index (χ1v) is 10.4. The molecular weight excluding hydrogens is 396 g/mol. The number of fused-ring (bicyclic) bond motifs is 1. The first kappa shape index (κ1) is 19.3. The Kier molecular flexibility index (Phi) is 5.15. The molecule has 9 nitrogen and oxygen atoms in total. The summed E-state index contributed by atoms with van der Waals surface area (Å²) in [5.41, 5.74) is 2.86. The molecule has 160 valence electrons. The molecule has 0 spiro atoms. The van der Waals surface area contributed by atoms with E-state index in [1.807, 2.05) is 37.5 Å². The molecule has 1 unspecified atom stereocenters. The van der Waals surface area contributed by atoms with E-state index in [4.69, 9.17) is 9.47 Å². The van der Waals surface area contributed by atoms with Gasteiger partial charge >= 0.3 is 0 Å². The SMILES string of the molecule is Cn1cc(-c2ccnc(N3CCC(NC(=O)CCc4ccc5c(c4)OCO5)C3)n2)cn1. The number of amides is 1. The number of anilines is 1. The van der Waals surface area contributed by atoms with Crippen molar-refractivity contribution in [3.8, 4) is 22.8 Å². The van der Waals surface area contributed by atoms with Gasteiger partial charge in [0.15, 0.2) is 11.5 Å². The standard InChI is InChI=1S/C22H24N6O3/c1-27-12-16(11-24-27)18-6-8-23-22(26-18)28-9-7-17(13-28)25-21(29)5-3-15-2-4-19-20(10-15)31-14-30-19/h2,4,6,8,10-12,17H,3,5,7,9,13-14H2,1H3,(H,25,29). The van der Waals surface area contributed by atoms with Gasteiger partial charge in [-0.3, -0.25) is 9.48 Å². The summed E-state index contributed by atoms with van der Waals surface area (Å²) < 4.78 is 12.5. The molecule has 0 radical (unpaired) electrons. The lowest BCUT2D eigenvalue weighted by Gasteiger charge is -2.17. The van der Waals surface area contributed by atoms with Crippen molar-refractivity contribution in [2.24, 2.45) is 7.05 Å². The highest BCUT2D eigenvalue weighted by Crippen LogP contribution is 2.32. The predicted molar refractivity (Wildman–Crippen MR) is 114 cm³/mol. The molecular formula is C22H24N6O3. The fourth-order valence-corrected chi connectivity index (χ4v) is 3.93. The molecule has 1 fully saturated rings. The molecule has 2 aromatic heterocycles. The average Bonchev–Trinajstić information content (AvgIpc) is 3.53. The van der Waals surface area contributed by atoms with Gasteiger partial charge in [-0.05, 0) is 36.6 Å². The molecule has 3 aromatic rings. The van der Waals surface area contributed by atoms with E-state index in [0.717, 1.165) is 41.3 Å². The monoisotopic (exact) mass is 420 g/mol. The Balaban J connectivity index is 1.14. The van der Waals surface area contributed by atoms with Gasteiger partial charge in [0.25, 0.3) is 0 Å². The van der Waals surface area contributed by atoms with Crippen molar-refractivity contribution in [2.75, 3.05) is 24.8 Å². The maximum Gasteiger partial charge on any atom is 0.231 e. The van der Waals surface area contributed by atoms with Gasteiger partial charge in [-0.15, -0.1) is 0 Å². The van der Waals surface area contributed by atoms with E-state index >= 15 is 0 Å². The highest BCUT2D eigenvalue weighted by Gasteiger charge is 2.26. The third-order valence-corrected chi connectivity index (χ3v) is 5.56. The summed E-state index contributed by atoms with van der Waals surface area (Å²) in [5.74, 6) is 2.24. The smallest absolute Gasteiger partial charge is 0.231 e. The largest absolute Gasteiger partial charge is 0.454 e. The van der Waals surface area contributed by atoms with Crippen LogP contribution in [0.2, 0.25) is 0 Å². The zero-order valence-electron chi connectivity index (χ0n) is 17.3. The molecule has 5 rings (SSSR count). The number of aryl methyl sites for hydroxylation is 2. The zero-order valence-corrected chi connectivity index (χ0v) is 17.3. The lowest BCUT2D eigenvalue weighted by Crippen LogP contribution is -2.37.